The van der Waals surface area contributed by atoms with Crippen LogP contribution in [0.3, 0.4) is 0 Å². The number of amides is 1. The van der Waals surface area contributed by atoms with E-state index in [2.05, 4.69) is 5.32 Å². The van der Waals surface area contributed by atoms with E-state index in [1.165, 1.54) is 12.1 Å². The molecule has 0 saturated heterocycles. The van der Waals surface area contributed by atoms with Gasteiger partial charge in [-0.1, -0.05) is 31.0 Å². The van der Waals surface area contributed by atoms with Gasteiger partial charge < -0.3 is 10.4 Å². The van der Waals surface area contributed by atoms with E-state index >= 15 is 0 Å². The van der Waals surface area contributed by atoms with Crippen LogP contribution < -0.4 is 5.32 Å². The summed E-state index contributed by atoms with van der Waals surface area (Å²) in [7, 11) is 0. The molecule has 1 fully saturated rings. The molecule has 1 aromatic carbocycles. The van der Waals surface area contributed by atoms with Crippen molar-refractivity contribution >= 4 is 17.6 Å². The Morgan fingerprint density at radius 1 is 1.27 bits per heavy atom. The number of hydrogen-bond acceptors (Lipinski definition) is 4. The van der Waals surface area contributed by atoms with E-state index < -0.39 is 22.9 Å². The number of hydrogen-bond donors (Lipinski definition) is 2. The third-order valence-corrected chi connectivity index (χ3v) is 3.97. The molecule has 7 heteroatoms. The van der Waals surface area contributed by atoms with E-state index in [1.54, 1.807) is 12.1 Å². The zero-order chi connectivity index (χ0) is 16.1. The SMILES string of the molecule is O=C(Cc1ccccc1[N+](=O)[O-])N[C@H]1CCCC[C@@H]1C(=O)O. The number of nitro groups is 1. The van der Waals surface area contributed by atoms with E-state index in [1.807, 2.05) is 0 Å². The molecule has 0 bridgehead atoms. The van der Waals surface area contributed by atoms with Crippen LogP contribution in [0.2, 0.25) is 0 Å². The van der Waals surface area contributed by atoms with Gasteiger partial charge >= 0.3 is 5.97 Å². The first-order chi connectivity index (χ1) is 10.5. The Labute approximate surface area is 127 Å². The lowest BCUT2D eigenvalue weighted by atomic mass is 9.84. The van der Waals surface area contributed by atoms with Crippen molar-refractivity contribution in [3.63, 3.8) is 0 Å². The van der Waals surface area contributed by atoms with Crippen molar-refractivity contribution in [2.45, 2.75) is 38.1 Å². The number of carboxylic acids is 1. The van der Waals surface area contributed by atoms with E-state index in [9.17, 15) is 24.8 Å². The van der Waals surface area contributed by atoms with Gasteiger partial charge in [0, 0.05) is 17.7 Å². The third-order valence-electron chi connectivity index (χ3n) is 3.97. The van der Waals surface area contributed by atoms with Crippen molar-refractivity contribution in [3.8, 4) is 0 Å². The van der Waals surface area contributed by atoms with Crippen LogP contribution in [0.5, 0.6) is 0 Å². The van der Waals surface area contributed by atoms with Gasteiger partial charge in [-0.05, 0) is 12.8 Å². The van der Waals surface area contributed by atoms with E-state index in [0.717, 1.165) is 12.8 Å². The summed E-state index contributed by atoms with van der Waals surface area (Å²) in [5.74, 6) is -1.87. The highest BCUT2D eigenvalue weighted by molar-refractivity contribution is 5.81. The minimum atomic E-state index is -0.907. The maximum Gasteiger partial charge on any atom is 0.308 e. The average molecular weight is 306 g/mol. The normalized spacial score (nSPS) is 21.1. The zero-order valence-electron chi connectivity index (χ0n) is 12.0. The molecule has 1 saturated carbocycles. The standard InChI is InChI=1S/C15H18N2O5/c18-14(9-10-5-1-4-8-13(10)17(21)22)16-12-7-3-2-6-11(12)15(19)20/h1,4-5,8,11-12H,2-3,6-7,9H2,(H,16,18)(H,19,20)/t11-,12-/m0/s1. The summed E-state index contributed by atoms with van der Waals surface area (Å²) < 4.78 is 0. The maximum absolute atomic E-state index is 12.1. The van der Waals surface area contributed by atoms with Gasteiger partial charge in [-0.2, -0.15) is 0 Å². The number of aliphatic carboxylic acids is 1. The van der Waals surface area contributed by atoms with Crippen molar-refractivity contribution in [1.29, 1.82) is 0 Å². The van der Waals surface area contributed by atoms with Gasteiger partial charge in [-0.25, -0.2) is 0 Å². The Morgan fingerprint density at radius 3 is 2.64 bits per heavy atom. The van der Waals surface area contributed by atoms with Gasteiger partial charge in [0.05, 0.1) is 17.3 Å². The zero-order valence-corrected chi connectivity index (χ0v) is 12.0. The molecule has 0 aromatic heterocycles. The van der Waals surface area contributed by atoms with Crippen LogP contribution >= 0.6 is 0 Å². The lowest BCUT2D eigenvalue weighted by molar-refractivity contribution is -0.385. The molecule has 0 heterocycles. The monoisotopic (exact) mass is 306 g/mol. The van der Waals surface area contributed by atoms with Gasteiger partial charge in [0.25, 0.3) is 5.69 Å². The quantitative estimate of drug-likeness (QED) is 0.637. The van der Waals surface area contributed by atoms with E-state index in [0.29, 0.717) is 18.4 Å². The number of nitro benzene ring substituents is 1. The molecular formula is C15H18N2O5. The first-order valence-corrected chi connectivity index (χ1v) is 7.23. The van der Waals surface area contributed by atoms with Gasteiger partial charge in [-0.3, -0.25) is 19.7 Å². The molecule has 118 valence electrons. The van der Waals surface area contributed by atoms with Crippen LogP contribution in [0, 0.1) is 16.0 Å². The molecule has 0 unspecified atom stereocenters. The van der Waals surface area contributed by atoms with Crippen LogP contribution in [0.25, 0.3) is 0 Å². The van der Waals surface area contributed by atoms with Crippen LogP contribution in [-0.4, -0.2) is 27.9 Å². The van der Waals surface area contributed by atoms with E-state index in [4.69, 9.17) is 0 Å². The molecule has 2 N–H and O–H groups in total. The minimum Gasteiger partial charge on any atom is -0.481 e. The summed E-state index contributed by atoms with van der Waals surface area (Å²) >= 11 is 0. The van der Waals surface area contributed by atoms with Crippen molar-refractivity contribution in [1.82, 2.24) is 5.32 Å². The summed E-state index contributed by atoms with van der Waals surface area (Å²) in [6, 6.07) is 5.66. The summed E-state index contributed by atoms with van der Waals surface area (Å²) in [4.78, 5) is 33.7. The Balaban J connectivity index is 2.04. The summed E-state index contributed by atoms with van der Waals surface area (Å²) in [6.45, 7) is 0. The van der Waals surface area contributed by atoms with Gasteiger partial charge in [0.1, 0.15) is 0 Å². The highest BCUT2D eigenvalue weighted by Gasteiger charge is 2.32. The topological polar surface area (TPSA) is 110 Å². The Morgan fingerprint density at radius 2 is 1.95 bits per heavy atom. The average Bonchev–Trinajstić information content (AvgIpc) is 2.47. The highest BCUT2D eigenvalue weighted by Crippen LogP contribution is 2.25. The number of carboxylic acid groups (broad SMARTS) is 1. The van der Waals surface area contributed by atoms with Crippen LogP contribution in [-0.2, 0) is 16.0 Å². The smallest absolute Gasteiger partial charge is 0.308 e. The fourth-order valence-electron chi connectivity index (χ4n) is 2.87. The lowest BCUT2D eigenvalue weighted by Gasteiger charge is -2.29. The number of nitrogens with zero attached hydrogens (tertiary/aromatic N) is 1. The maximum atomic E-state index is 12.1. The first kappa shape index (κ1) is 15.9. The van der Waals surface area contributed by atoms with Crippen LogP contribution in [0.1, 0.15) is 31.2 Å². The molecular weight excluding hydrogens is 288 g/mol. The number of carbonyl (C=O) groups is 2. The van der Waals surface area contributed by atoms with Crippen LogP contribution in [0.15, 0.2) is 24.3 Å². The molecule has 2 atom stereocenters. The van der Waals surface area contributed by atoms with Crippen molar-refractivity contribution in [2.24, 2.45) is 5.92 Å². The predicted octanol–water partition coefficient (Wildman–Crippen LogP) is 1.90. The highest BCUT2D eigenvalue weighted by atomic mass is 16.6. The minimum absolute atomic E-state index is 0.101. The summed E-state index contributed by atoms with van der Waals surface area (Å²) in [6.07, 6.45) is 2.76. The van der Waals surface area contributed by atoms with Crippen molar-refractivity contribution in [2.75, 3.05) is 0 Å². The molecule has 0 radical (unpaired) electrons. The first-order valence-electron chi connectivity index (χ1n) is 7.23. The Kier molecular flexibility index (Phi) is 5.08. The molecule has 0 spiro atoms. The number of para-hydroxylation sites is 1. The second-order valence-electron chi connectivity index (χ2n) is 5.47. The third kappa shape index (κ3) is 3.81. The number of rotatable bonds is 5. The van der Waals surface area contributed by atoms with Crippen molar-refractivity contribution < 1.29 is 19.6 Å². The second-order valence-corrected chi connectivity index (χ2v) is 5.47. The lowest BCUT2D eigenvalue weighted by Crippen LogP contribution is -2.45. The number of benzene rings is 1. The fourth-order valence-corrected chi connectivity index (χ4v) is 2.87. The molecule has 7 nitrogen and oxygen atoms in total. The van der Waals surface area contributed by atoms with Crippen LogP contribution in [0.4, 0.5) is 5.69 Å². The molecule has 22 heavy (non-hydrogen) atoms. The van der Waals surface area contributed by atoms with Gasteiger partial charge in [0.2, 0.25) is 5.91 Å². The summed E-state index contributed by atoms with van der Waals surface area (Å²) in [5, 5.41) is 22.8. The molecule has 1 aliphatic rings. The largest absolute Gasteiger partial charge is 0.481 e. The Hall–Kier alpha value is -2.44. The van der Waals surface area contributed by atoms with Gasteiger partial charge in [0.15, 0.2) is 0 Å². The predicted molar refractivity (Wildman–Crippen MR) is 78.3 cm³/mol. The molecule has 2 rings (SSSR count). The van der Waals surface area contributed by atoms with Gasteiger partial charge in [-0.15, -0.1) is 0 Å². The number of carbonyl (C=O) groups excluding carboxylic acids is 1. The Bertz CT molecular complexity index is 587. The molecule has 1 aliphatic carbocycles. The number of nitrogens with one attached hydrogen (secondary N) is 1. The fraction of sp³-hybridized carbons (Fsp3) is 0.467. The molecule has 0 aliphatic heterocycles. The van der Waals surface area contributed by atoms with E-state index in [-0.39, 0.29) is 18.0 Å². The molecule has 1 aromatic rings. The van der Waals surface area contributed by atoms with Crippen molar-refractivity contribution in [3.05, 3.63) is 39.9 Å². The summed E-state index contributed by atoms with van der Waals surface area (Å²) in [5.41, 5.74) is 0.226. The second kappa shape index (κ2) is 7.02. The molecule has 1 amide bonds.